The third kappa shape index (κ3) is 2.25. The minimum atomic E-state index is -1.49. The van der Waals surface area contributed by atoms with Crippen molar-refractivity contribution in [1.29, 1.82) is 0 Å². The Hall–Kier alpha value is -2.84. The van der Waals surface area contributed by atoms with Gasteiger partial charge in [0.05, 0.1) is 22.9 Å². The predicted molar refractivity (Wildman–Crippen MR) is 57.1 cm³/mol. The first-order valence-corrected chi connectivity index (χ1v) is 4.83. The summed E-state index contributed by atoms with van der Waals surface area (Å²) in [5, 5.41) is 22.4. The standard InChI is InChI=1S/C10H5F2N3O4/c11-6-3-5(10(16)17)4-7(12)9(6)14-2-1-8(13-14)15(18)19/h1-4H,(H,16,17). The number of aromatic nitrogens is 2. The van der Waals surface area contributed by atoms with Crippen molar-refractivity contribution in [3.8, 4) is 5.69 Å². The van der Waals surface area contributed by atoms with Crippen LogP contribution in [-0.2, 0) is 0 Å². The highest BCUT2D eigenvalue weighted by atomic mass is 19.1. The SMILES string of the molecule is O=C(O)c1cc(F)c(-n2ccc([N+](=O)[O-])n2)c(F)c1. The molecule has 7 nitrogen and oxygen atoms in total. The molecule has 98 valence electrons. The Morgan fingerprint density at radius 3 is 2.37 bits per heavy atom. The van der Waals surface area contributed by atoms with Crippen LogP contribution >= 0.6 is 0 Å². The van der Waals surface area contributed by atoms with Crippen molar-refractivity contribution in [1.82, 2.24) is 9.78 Å². The highest BCUT2D eigenvalue weighted by molar-refractivity contribution is 5.87. The van der Waals surface area contributed by atoms with E-state index in [1.165, 1.54) is 0 Å². The number of halogens is 2. The molecule has 1 aromatic heterocycles. The molecule has 9 heteroatoms. The molecule has 0 aliphatic heterocycles. The van der Waals surface area contributed by atoms with E-state index in [2.05, 4.69) is 5.10 Å². The number of nitro groups is 1. The van der Waals surface area contributed by atoms with Crippen molar-refractivity contribution in [2.75, 3.05) is 0 Å². The van der Waals surface area contributed by atoms with E-state index < -0.39 is 39.6 Å². The molecule has 0 amide bonds. The fourth-order valence-corrected chi connectivity index (χ4v) is 1.44. The van der Waals surface area contributed by atoms with Gasteiger partial charge in [0.25, 0.3) is 0 Å². The van der Waals surface area contributed by atoms with Gasteiger partial charge in [0, 0.05) is 0 Å². The number of hydrogen-bond donors (Lipinski definition) is 1. The lowest BCUT2D eigenvalue weighted by molar-refractivity contribution is -0.389. The van der Waals surface area contributed by atoms with E-state index in [4.69, 9.17) is 5.11 Å². The Kier molecular flexibility index (Phi) is 2.95. The summed E-state index contributed by atoms with van der Waals surface area (Å²) in [6.45, 7) is 0. The number of carboxylic acids is 1. The van der Waals surface area contributed by atoms with Gasteiger partial charge in [-0.2, -0.15) is 0 Å². The second-order valence-electron chi connectivity index (χ2n) is 3.47. The van der Waals surface area contributed by atoms with E-state index in [-0.39, 0.29) is 0 Å². The van der Waals surface area contributed by atoms with E-state index in [0.717, 1.165) is 12.3 Å². The molecule has 0 fully saturated rings. The van der Waals surface area contributed by atoms with Crippen LogP contribution in [0.4, 0.5) is 14.6 Å². The van der Waals surface area contributed by atoms with Gasteiger partial charge in [-0.3, -0.25) is 0 Å². The van der Waals surface area contributed by atoms with Crippen molar-refractivity contribution >= 4 is 11.8 Å². The maximum atomic E-state index is 13.6. The molecule has 1 heterocycles. The van der Waals surface area contributed by atoms with E-state index in [1.54, 1.807) is 0 Å². The maximum absolute atomic E-state index is 13.6. The van der Waals surface area contributed by atoms with Crippen molar-refractivity contribution in [3.05, 3.63) is 51.7 Å². The average molecular weight is 269 g/mol. The summed E-state index contributed by atoms with van der Waals surface area (Å²) in [4.78, 5) is 20.2. The molecule has 0 spiro atoms. The average Bonchev–Trinajstić information content (AvgIpc) is 2.77. The van der Waals surface area contributed by atoms with E-state index in [9.17, 15) is 23.7 Å². The molecule has 19 heavy (non-hydrogen) atoms. The molecule has 0 aliphatic rings. The van der Waals surface area contributed by atoms with Crippen LogP contribution in [0.25, 0.3) is 5.69 Å². The molecule has 1 N–H and O–H groups in total. The molecule has 0 bridgehead atoms. The molecular weight excluding hydrogens is 264 g/mol. The molecule has 0 unspecified atom stereocenters. The molecule has 0 saturated carbocycles. The number of carbonyl (C=O) groups is 1. The van der Waals surface area contributed by atoms with E-state index >= 15 is 0 Å². The Balaban J connectivity index is 2.55. The molecule has 2 rings (SSSR count). The van der Waals surface area contributed by atoms with Crippen LogP contribution in [0.2, 0.25) is 0 Å². The predicted octanol–water partition coefficient (Wildman–Crippen LogP) is 1.76. The van der Waals surface area contributed by atoms with Crippen LogP contribution in [0.5, 0.6) is 0 Å². The number of hydrogen-bond acceptors (Lipinski definition) is 4. The number of carboxylic acid groups (broad SMARTS) is 1. The van der Waals surface area contributed by atoms with Gasteiger partial charge in [-0.15, -0.1) is 4.68 Å². The number of aromatic carboxylic acids is 1. The molecule has 0 radical (unpaired) electrons. The highest BCUT2D eigenvalue weighted by Crippen LogP contribution is 2.20. The van der Waals surface area contributed by atoms with Gasteiger partial charge >= 0.3 is 11.8 Å². The molecular formula is C10H5F2N3O4. The Labute approximate surface area is 103 Å². The van der Waals surface area contributed by atoms with Gasteiger partial charge in [0.2, 0.25) is 0 Å². The fourth-order valence-electron chi connectivity index (χ4n) is 1.44. The Morgan fingerprint density at radius 1 is 1.37 bits per heavy atom. The lowest BCUT2D eigenvalue weighted by Gasteiger charge is -2.03. The Morgan fingerprint density at radius 2 is 1.95 bits per heavy atom. The monoisotopic (exact) mass is 269 g/mol. The zero-order chi connectivity index (χ0) is 14.2. The maximum Gasteiger partial charge on any atom is 0.390 e. The summed E-state index contributed by atoms with van der Waals surface area (Å²) >= 11 is 0. The summed E-state index contributed by atoms with van der Waals surface area (Å²) in [6.07, 6.45) is 1.00. The second-order valence-corrected chi connectivity index (χ2v) is 3.47. The highest BCUT2D eigenvalue weighted by Gasteiger charge is 2.21. The molecule has 1 aromatic carbocycles. The fraction of sp³-hybridized carbons (Fsp3) is 0. The zero-order valence-corrected chi connectivity index (χ0v) is 9.08. The largest absolute Gasteiger partial charge is 0.478 e. The number of benzene rings is 1. The quantitative estimate of drug-likeness (QED) is 0.676. The zero-order valence-electron chi connectivity index (χ0n) is 9.08. The third-order valence-corrected chi connectivity index (χ3v) is 2.26. The van der Waals surface area contributed by atoms with Crippen LogP contribution in [0.3, 0.4) is 0 Å². The third-order valence-electron chi connectivity index (χ3n) is 2.26. The van der Waals surface area contributed by atoms with Crippen molar-refractivity contribution < 1.29 is 23.6 Å². The number of nitrogens with zero attached hydrogens (tertiary/aromatic N) is 3. The Bertz CT molecular complexity index is 660. The van der Waals surface area contributed by atoms with Crippen LogP contribution in [-0.4, -0.2) is 25.8 Å². The smallest absolute Gasteiger partial charge is 0.390 e. The second kappa shape index (κ2) is 4.44. The first kappa shape index (κ1) is 12.6. The minimum Gasteiger partial charge on any atom is -0.478 e. The van der Waals surface area contributed by atoms with Gasteiger partial charge in [-0.05, 0) is 17.1 Å². The van der Waals surface area contributed by atoms with Crippen LogP contribution in [0, 0.1) is 21.7 Å². The minimum absolute atomic E-state index is 0.569. The first-order valence-electron chi connectivity index (χ1n) is 4.83. The van der Waals surface area contributed by atoms with Crippen LogP contribution in [0.15, 0.2) is 24.4 Å². The lowest BCUT2D eigenvalue weighted by atomic mass is 10.2. The summed E-state index contributed by atoms with van der Waals surface area (Å²) in [7, 11) is 0. The lowest BCUT2D eigenvalue weighted by Crippen LogP contribution is -2.06. The van der Waals surface area contributed by atoms with Gasteiger partial charge in [-0.1, -0.05) is 0 Å². The van der Waals surface area contributed by atoms with Crippen molar-refractivity contribution in [2.24, 2.45) is 0 Å². The molecule has 0 aliphatic carbocycles. The molecule has 0 atom stereocenters. The number of rotatable bonds is 3. The van der Waals surface area contributed by atoms with E-state index in [0.29, 0.717) is 16.8 Å². The van der Waals surface area contributed by atoms with Crippen molar-refractivity contribution in [3.63, 3.8) is 0 Å². The molecule has 0 saturated heterocycles. The van der Waals surface area contributed by atoms with Crippen LogP contribution in [0.1, 0.15) is 10.4 Å². The van der Waals surface area contributed by atoms with Gasteiger partial charge in [0.1, 0.15) is 0 Å². The van der Waals surface area contributed by atoms with Gasteiger partial charge in [0.15, 0.2) is 17.3 Å². The summed E-state index contributed by atoms with van der Waals surface area (Å²) in [5.41, 5.74) is -1.25. The van der Waals surface area contributed by atoms with Crippen molar-refractivity contribution in [2.45, 2.75) is 0 Å². The van der Waals surface area contributed by atoms with Gasteiger partial charge < -0.3 is 15.2 Å². The topological polar surface area (TPSA) is 98.3 Å². The van der Waals surface area contributed by atoms with Gasteiger partial charge in [-0.25, -0.2) is 13.6 Å². The summed E-state index contributed by atoms with van der Waals surface area (Å²) in [5.74, 6) is -4.44. The normalized spacial score (nSPS) is 10.4. The summed E-state index contributed by atoms with van der Waals surface area (Å²) < 4.78 is 27.9. The van der Waals surface area contributed by atoms with Crippen LogP contribution < -0.4 is 0 Å². The van der Waals surface area contributed by atoms with E-state index in [1.807, 2.05) is 0 Å². The molecule has 2 aromatic rings. The summed E-state index contributed by atoms with van der Waals surface area (Å²) in [6, 6.07) is 2.17. The first-order chi connectivity index (χ1) is 8.90.